The first-order valence-electron chi connectivity index (χ1n) is 6.22. The lowest BCUT2D eigenvalue weighted by Crippen LogP contribution is -2.10. The Morgan fingerprint density at radius 1 is 1.00 bits per heavy atom. The van der Waals surface area contributed by atoms with Crippen LogP contribution in [0.3, 0.4) is 0 Å². The summed E-state index contributed by atoms with van der Waals surface area (Å²) < 4.78 is 0. The Balaban J connectivity index is 2.38. The number of nitrogens with zero attached hydrogens (tertiary/aromatic N) is 1. The van der Waals surface area contributed by atoms with Gasteiger partial charge >= 0.3 is 0 Å². The molecule has 0 aromatic heterocycles. The molecule has 2 nitrogen and oxygen atoms in total. The van der Waals surface area contributed by atoms with E-state index in [1.807, 2.05) is 6.07 Å². The van der Waals surface area contributed by atoms with Crippen molar-refractivity contribution in [3.8, 4) is 11.1 Å². The van der Waals surface area contributed by atoms with E-state index in [0.29, 0.717) is 6.54 Å². The Hall–Kier alpha value is -1.64. The summed E-state index contributed by atoms with van der Waals surface area (Å²) in [7, 11) is 4.17. The van der Waals surface area contributed by atoms with E-state index in [2.05, 4.69) is 61.5 Å². The number of nitrogens with two attached hydrogens (primary N) is 1. The monoisotopic (exact) mass is 240 g/mol. The molecule has 2 heteroatoms. The fraction of sp³-hybridized carbons (Fsp3) is 0.250. The fourth-order valence-corrected chi connectivity index (χ4v) is 2.18. The number of benzene rings is 2. The lowest BCUT2D eigenvalue weighted by Gasteiger charge is -2.12. The summed E-state index contributed by atoms with van der Waals surface area (Å²) in [5.74, 6) is 0. The first-order chi connectivity index (χ1) is 8.70. The predicted octanol–water partition coefficient (Wildman–Crippen LogP) is 2.87. The molecule has 0 aliphatic rings. The maximum atomic E-state index is 5.80. The molecule has 0 bridgehead atoms. The summed E-state index contributed by atoms with van der Waals surface area (Å²) >= 11 is 0. The standard InChI is InChI=1S/C16H20N2/c1-18(2)12-13-6-5-8-14(10-13)16-9-4-3-7-15(16)11-17/h3-10H,11-12,17H2,1-2H3. The van der Waals surface area contributed by atoms with Gasteiger partial charge in [0.1, 0.15) is 0 Å². The molecule has 0 aliphatic heterocycles. The predicted molar refractivity (Wildman–Crippen MR) is 77.2 cm³/mol. The van der Waals surface area contributed by atoms with E-state index in [9.17, 15) is 0 Å². The highest BCUT2D eigenvalue weighted by molar-refractivity contribution is 5.67. The largest absolute Gasteiger partial charge is 0.326 e. The Labute approximate surface area is 109 Å². The molecule has 2 aromatic carbocycles. The van der Waals surface area contributed by atoms with Crippen molar-refractivity contribution in [1.82, 2.24) is 4.90 Å². The molecule has 0 saturated heterocycles. The second-order valence-corrected chi connectivity index (χ2v) is 4.80. The Kier molecular flexibility index (Phi) is 4.13. The zero-order valence-corrected chi connectivity index (χ0v) is 11.1. The number of hydrogen-bond acceptors (Lipinski definition) is 2. The zero-order chi connectivity index (χ0) is 13.0. The van der Waals surface area contributed by atoms with Gasteiger partial charge in [0, 0.05) is 13.1 Å². The molecule has 2 N–H and O–H groups in total. The van der Waals surface area contributed by atoms with Crippen LogP contribution in [0.5, 0.6) is 0 Å². The van der Waals surface area contributed by atoms with Gasteiger partial charge in [0.2, 0.25) is 0 Å². The molecule has 0 amide bonds. The molecule has 2 rings (SSSR count). The molecule has 0 spiro atoms. The highest BCUT2D eigenvalue weighted by Gasteiger charge is 2.04. The second kappa shape index (κ2) is 5.80. The minimum absolute atomic E-state index is 0.577. The Bertz CT molecular complexity index is 518. The normalized spacial score (nSPS) is 10.9. The smallest absolute Gasteiger partial charge is 0.0227 e. The van der Waals surface area contributed by atoms with Crippen molar-refractivity contribution in [2.75, 3.05) is 14.1 Å². The summed E-state index contributed by atoms with van der Waals surface area (Å²) in [6.07, 6.45) is 0. The average Bonchev–Trinajstić information content (AvgIpc) is 2.38. The molecular formula is C16H20N2. The van der Waals surface area contributed by atoms with Crippen molar-refractivity contribution >= 4 is 0 Å². The topological polar surface area (TPSA) is 29.3 Å². The van der Waals surface area contributed by atoms with Crippen LogP contribution in [0.15, 0.2) is 48.5 Å². The number of rotatable bonds is 4. The molecule has 0 saturated carbocycles. The van der Waals surface area contributed by atoms with Gasteiger partial charge in [-0.2, -0.15) is 0 Å². The van der Waals surface area contributed by atoms with Gasteiger partial charge in [-0.15, -0.1) is 0 Å². The molecule has 0 heterocycles. The van der Waals surface area contributed by atoms with Gasteiger partial charge in [-0.3, -0.25) is 0 Å². The lowest BCUT2D eigenvalue weighted by atomic mass is 9.98. The Morgan fingerprint density at radius 3 is 2.50 bits per heavy atom. The highest BCUT2D eigenvalue weighted by atomic mass is 15.0. The molecule has 2 aromatic rings. The SMILES string of the molecule is CN(C)Cc1cccc(-c2ccccc2CN)c1. The van der Waals surface area contributed by atoms with Crippen molar-refractivity contribution in [3.63, 3.8) is 0 Å². The molecule has 94 valence electrons. The van der Waals surface area contributed by atoms with Gasteiger partial charge < -0.3 is 10.6 Å². The third-order valence-corrected chi connectivity index (χ3v) is 2.97. The summed E-state index contributed by atoms with van der Waals surface area (Å²) in [5.41, 5.74) is 10.8. The highest BCUT2D eigenvalue weighted by Crippen LogP contribution is 2.24. The molecule has 0 unspecified atom stereocenters. The quantitative estimate of drug-likeness (QED) is 0.890. The van der Waals surface area contributed by atoms with E-state index in [1.54, 1.807) is 0 Å². The van der Waals surface area contributed by atoms with Crippen LogP contribution in [0.4, 0.5) is 0 Å². The first-order valence-corrected chi connectivity index (χ1v) is 6.22. The minimum Gasteiger partial charge on any atom is -0.326 e. The first kappa shape index (κ1) is 12.8. The van der Waals surface area contributed by atoms with Crippen molar-refractivity contribution < 1.29 is 0 Å². The third-order valence-electron chi connectivity index (χ3n) is 2.97. The van der Waals surface area contributed by atoms with Crippen molar-refractivity contribution in [2.24, 2.45) is 5.73 Å². The van der Waals surface area contributed by atoms with Gasteiger partial charge in [-0.25, -0.2) is 0 Å². The minimum atomic E-state index is 0.577. The summed E-state index contributed by atoms with van der Waals surface area (Å²) in [5, 5.41) is 0. The van der Waals surface area contributed by atoms with E-state index >= 15 is 0 Å². The van der Waals surface area contributed by atoms with E-state index in [0.717, 1.165) is 6.54 Å². The van der Waals surface area contributed by atoms with Gasteiger partial charge in [0.25, 0.3) is 0 Å². The maximum absolute atomic E-state index is 5.80. The average molecular weight is 240 g/mol. The second-order valence-electron chi connectivity index (χ2n) is 4.80. The van der Waals surface area contributed by atoms with Gasteiger partial charge in [0.05, 0.1) is 0 Å². The summed E-state index contributed by atoms with van der Waals surface area (Å²) in [4.78, 5) is 2.17. The van der Waals surface area contributed by atoms with Crippen LogP contribution in [0.25, 0.3) is 11.1 Å². The molecular weight excluding hydrogens is 220 g/mol. The van der Waals surface area contributed by atoms with Crippen LogP contribution in [-0.2, 0) is 13.1 Å². The van der Waals surface area contributed by atoms with Gasteiger partial charge in [0.15, 0.2) is 0 Å². The van der Waals surface area contributed by atoms with Crippen LogP contribution in [0.2, 0.25) is 0 Å². The van der Waals surface area contributed by atoms with Crippen LogP contribution in [-0.4, -0.2) is 19.0 Å². The molecule has 0 fully saturated rings. The zero-order valence-electron chi connectivity index (χ0n) is 11.1. The van der Waals surface area contributed by atoms with Crippen molar-refractivity contribution in [2.45, 2.75) is 13.1 Å². The molecule has 18 heavy (non-hydrogen) atoms. The van der Waals surface area contributed by atoms with E-state index in [4.69, 9.17) is 5.73 Å². The van der Waals surface area contributed by atoms with Gasteiger partial charge in [-0.1, -0.05) is 42.5 Å². The lowest BCUT2D eigenvalue weighted by molar-refractivity contribution is 0.402. The summed E-state index contributed by atoms with van der Waals surface area (Å²) in [6, 6.07) is 17.0. The van der Waals surface area contributed by atoms with Crippen LogP contribution in [0.1, 0.15) is 11.1 Å². The summed E-state index contributed by atoms with van der Waals surface area (Å²) in [6.45, 7) is 1.53. The molecule has 0 radical (unpaired) electrons. The van der Waals surface area contributed by atoms with Crippen LogP contribution >= 0.6 is 0 Å². The molecule has 0 atom stereocenters. The number of hydrogen-bond donors (Lipinski definition) is 1. The van der Waals surface area contributed by atoms with Gasteiger partial charge in [-0.05, 0) is 42.4 Å². The fourth-order valence-electron chi connectivity index (χ4n) is 2.18. The van der Waals surface area contributed by atoms with E-state index in [1.165, 1.54) is 22.3 Å². The maximum Gasteiger partial charge on any atom is 0.0227 e. The van der Waals surface area contributed by atoms with E-state index < -0.39 is 0 Å². The van der Waals surface area contributed by atoms with Crippen molar-refractivity contribution in [1.29, 1.82) is 0 Å². The Morgan fingerprint density at radius 2 is 1.78 bits per heavy atom. The van der Waals surface area contributed by atoms with Crippen LogP contribution < -0.4 is 5.73 Å². The third kappa shape index (κ3) is 2.97. The van der Waals surface area contributed by atoms with Crippen LogP contribution in [0, 0.1) is 0 Å². The van der Waals surface area contributed by atoms with E-state index in [-0.39, 0.29) is 0 Å². The van der Waals surface area contributed by atoms with Crippen molar-refractivity contribution in [3.05, 3.63) is 59.7 Å². The molecule has 0 aliphatic carbocycles.